The summed E-state index contributed by atoms with van der Waals surface area (Å²) in [6.45, 7) is 1.45. The second-order valence-corrected chi connectivity index (χ2v) is 8.71. The number of amides is 1. The van der Waals surface area contributed by atoms with E-state index in [2.05, 4.69) is 42.8 Å². The lowest BCUT2D eigenvalue weighted by atomic mass is 9.67. The Balaban J connectivity index is 1.60. The van der Waals surface area contributed by atoms with Crippen molar-refractivity contribution in [2.45, 2.75) is 57.2 Å². The minimum Gasteiger partial charge on any atom is -0.332 e. The number of rotatable bonds is 6. The molecule has 0 saturated heterocycles. The van der Waals surface area contributed by atoms with Crippen LogP contribution in [0.4, 0.5) is 0 Å². The van der Waals surface area contributed by atoms with E-state index in [0.29, 0.717) is 18.2 Å². The monoisotopic (exact) mass is 409 g/mol. The molecule has 1 fully saturated rings. The Morgan fingerprint density at radius 2 is 1.97 bits per heavy atom. The van der Waals surface area contributed by atoms with Crippen molar-refractivity contribution in [1.29, 1.82) is 0 Å². The summed E-state index contributed by atoms with van der Waals surface area (Å²) in [4.78, 5) is 19.9. The number of imidazole rings is 1. The largest absolute Gasteiger partial charge is 0.332 e. The van der Waals surface area contributed by atoms with Crippen molar-refractivity contribution < 1.29 is 4.79 Å². The maximum Gasteiger partial charge on any atom is 0.241 e. The van der Waals surface area contributed by atoms with Crippen LogP contribution in [-0.2, 0) is 11.3 Å². The first-order valence-electron chi connectivity index (χ1n) is 10.8. The molecule has 1 saturated carbocycles. The molecule has 2 N–H and O–H groups in total. The highest BCUT2D eigenvalue weighted by molar-refractivity contribution is 7.80. The van der Waals surface area contributed by atoms with Crippen molar-refractivity contribution in [3.05, 3.63) is 42.4 Å². The first-order chi connectivity index (χ1) is 14.2. The van der Waals surface area contributed by atoms with Crippen molar-refractivity contribution >= 4 is 36.9 Å². The Bertz CT molecular complexity index is 821. The molecular formula is C22H30BN4OS. The van der Waals surface area contributed by atoms with Gasteiger partial charge in [0.25, 0.3) is 0 Å². The lowest BCUT2D eigenvalue weighted by molar-refractivity contribution is -0.136. The van der Waals surface area contributed by atoms with Gasteiger partial charge in [-0.1, -0.05) is 67.9 Å². The molecule has 1 radical (unpaired) electrons. The molecule has 2 aliphatic rings. The third-order valence-electron chi connectivity index (χ3n) is 6.27. The maximum absolute atomic E-state index is 13.0. The molecule has 1 amide bonds. The highest BCUT2D eigenvalue weighted by Crippen LogP contribution is 2.36. The van der Waals surface area contributed by atoms with Gasteiger partial charge in [0.15, 0.2) is 0 Å². The van der Waals surface area contributed by atoms with Gasteiger partial charge in [-0.2, -0.15) is 12.6 Å². The van der Waals surface area contributed by atoms with Crippen LogP contribution < -0.4 is 16.8 Å². The minimum absolute atomic E-state index is 0.00297. The molecule has 2 atom stereocenters. The highest BCUT2D eigenvalue weighted by atomic mass is 32.1. The van der Waals surface area contributed by atoms with Crippen molar-refractivity contribution in [3.63, 3.8) is 0 Å². The van der Waals surface area contributed by atoms with E-state index in [1.165, 1.54) is 32.1 Å². The molecule has 0 spiro atoms. The summed E-state index contributed by atoms with van der Waals surface area (Å²) in [7, 11) is 2.11. The van der Waals surface area contributed by atoms with Crippen molar-refractivity contribution in [2.24, 2.45) is 11.7 Å². The number of nitrogens with two attached hydrogens (primary N) is 1. The van der Waals surface area contributed by atoms with E-state index in [1.807, 2.05) is 23.1 Å². The molecule has 153 valence electrons. The van der Waals surface area contributed by atoms with Gasteiger partial charge in [0.05, 0.1) is 12.1 Å². The summed E-state index contributed by atoms with van der Waals surface area (Å²) in [5.74, 6) is 2.03. The van der Waals surface area contributed by atoms with Crippen LogP contribution in [0.1, 0.15) is 50.4 Å². The molecule has 1 aliphatic carbocycles. The average Bonchev–Trinajstić information content (AvgIpc) is 3.17. The number of nitrogens with zero attached hydrogens (tertiary/aromatic N) is 3. The molecular weight excluding hydrogens is 379 g/mol. The van der Waals surface area contributed by atoms with E-state index >= 15 is 0 Å². The zero-order valence-electron chi connectivity index (χ0n) is 16.9. The van der Waals surface area contributed by atoms with Crippen LogP contribution in [0.5, 0.6) is 0 Å². The summed E-state index contributed by atoms with van der Waals surface area (Å²) in [5, 5.41) is 0. The fraction of sp³-hybridized carbons (Fsp3) is 0.545. The lowest BCUT2D eigenvalue weighted by Crippen LogP contribution is -2.50. The molecule has 5 nitrogen and oxygen atoms in total. The third-order valence-corrected chi connectivity index (χ3v) is 6.67. The summed E-state index contributed by atoms with van der Waals surface area (Å²) < 4.78 is 2.23. The van der Waals surface area contributed by atoms with Gasteiger partial charge in [0.2, 0.25) is 13.2 Å². The van der Waals surface area contributed by atoms with Crippen molar-refractivity contribution in [2.75, 3.05) is 12.3 Å². The Hall–Kier alpha value is -1.73. The van der Waals surface area contributed by atoms with Crippen LogP contribution in [0.3, 0.4) is 0 Å². The third kappa shape index (κ3) is 4.72. The standard InChI is InChI=1S/C22H30BN4OS/c24-18(15-29)22(28)27-12-11-26-14-20(23-17-9-5-2-6-10-17)25-21(26)19(27)13-16-7-3-1-4-8-16/h2,5-6,9-10,14,16,18-19,29H,1,3-4,7-8,11-13,15,24H2/t18-,19+/m0/s1. The van der Waals surface area contributed by atoms with Gasteiger partial charge in [-0.15, -0.1) is 0 Å². The number of hydrogen-bond acceptors (Lipinski definition) is 4. The number of thiol groups is 1. The highest BCUT2D eigenvalue weighted by Gasteiger charge is 2.36. The van der Waals surface area contributed by atoms with E-state index < -0.39 is 6.04 Å². The van der Waals surface area contributed by atoms with Crippen molar-refractivity contribution in [1.82, 2.24) is 14.5 Å². The van der Waals surface area contributed by atoms with Crippen LogP contribution in [0.15, 0.2) is 36.5 Å². The summed E-state index contributed by atoms with van der Waals surface area (Å²) in [6.07, 6.45) is 9.52. The lowest BCUT2D eigenvalue weighted by Gasteiger charge is -2.39. The molecule has 2 heterocycles. The van der Waals surface area contributed by atoms with Crippen LogP contribution in [0, 0.1) is 5.92 Å². The Kier molecular flexibility index (Phi) is 6.65. The fourth-order valence-corrected chi connectivity index (χ4v) is 4.88. The number of aromatic nitrogens is 2. The van der Waals surface area contributed by atoms with Gasteiger partial charge in [0.1, 0.15) is 5.82 Å². The number of benzene rings is 1. The van der Waals surface area contributed by atoms with Crippen LogP contribution >= 0.6 is 12.6 Å². The van der Waals surface area contributed by atoms with Crippen molar-refractivity contribution in [3.8, 4) is 0 Å². The molecule has 29 heavy (non-hydrogen) atoms. The Morgan fingerprint density at radius 3 is 2.69 bits per heavy atom. The second-order valence-electron chi connectivity index (χ2n) is 8.35. The van der Waals surface area contributed by atoms with E-state index in [1.54, 1.807) is 0 Å². The van der Waals surface area contributed by atoms with Gasteiger partial charge in [0, 0.05) is 30.6 Å². The van der Waals surface area contributed by atoms with E-state index in [9.17, 15) is 4.79 Å². The number of carbonyl (C=O) groups is 1. The maximum atomic E-state index is 13.0. The van der Waals surface area contributed by atoms with Gasteiger partial charge < -0.3 is 15.2 Å². The minimum atomic E-state index is -0.552. The molecule has 1 aromatic heterocycles. The Morgan fingerprint density at radius 1 is 1.21 bits per heavy atom. The number of carbonyl (C=O) groups excluding carboxylic acids is 1. The SMILES string of the molecule is N[C@@H](CS)C(=O)N1CCn2cc([B]c3ccccc3)nc2[C@H]1CC1CCCCC1. The predicted molar refractivity (Wildman–Crippen MR) is 121 cm³/mol. The number of hydrogen-bond donors (Lipinski definition) is 2. The van der Waals surface area contributed by atoms with Gasteiger partial charge in [-0.05, 0) is 12.3 Å². The van der Waals surface area contributed by atoms with Crippen LogP contribution in [0.25, 0.3) is 0 Å². The molecule has 7 heteroatoms. The summed E-state index contributed by atoms with van der Waals surface area (Å²) in [5.41, 5.74) is 8.16. The first-order valence-corrected chi connectivity index (χ1v) is 11.4. The van der Waals surface area contributed by atoms with Gasteiger partial charge >= 0.3 is 0 Å². The zero-order valence-corrected chi connectivity index (χ0v) is 17.8. The molecule has 1 aliphatic heterocycles. The molecule has 1 aromatic carbocycles. The van der Waals surface area contributed by atoms with Gasteiger partial charge in [-0.25, -0.2) is 4.98 Å². The van der Waals surface area contributed by atoms with Crippen LogP contribution in [0.2, 0.25) is 0 Å². The smallest absolute Gasteiger partial charge is 0.241 e. The molecule has 4 rings (SSSR count). The first kappa shape index (κ1) is 20.5. The van der Waals surface area contributed by atoms with Crippen LogP contribution in [-0.4, -0.2) is 46.0 Å². The van der Waals surface area contributed by atoms with E-state index in [-0.39, 0.29) is 11.9 Å². The predicted octanol–water partition coefficient (Wildman–Crippen LogP) is 1.65. The number of fused-ring (bicyclic) bond motifs is 1. The Labute approximate surface area is 179 Å². The summed E-state index contributed by atoms with van der Waals surface area (Å²) in [6, 6.07) is 9.70. The zero-order chi connectivity index (χ0) is 20.2. The molecule has 2 aromatic rings. The molecule has 0 bridgehead atoms. The summed E-state index contributed by atoms with van der Waals surface area (Å²) >= 11 is 4.25. The van der Waals surface area contributed by atoms with E-state index in [4.69, 9.17) is 10.7 Å². The van der Waals surface area contributed by atoms with Gasteiger partial charge in [-0.3, -0.25) is 4.79 Å². The quantitative estimate of drug-likeness (QED) is 0.563. The molecule has 0 unspecified atom stereocenters. The second kappa shape index (κ2) is 9.39. The fourth-order valence-electron chi connectivity index (χ4n) is 4.72. The van der Waals surface area contributed by atoms with E-state index in [0.717, 1.165) is 29.8 Å². The average molecular weight is 409 g/mol. The normalized spacial score (nSPS) is 20.9. The topological polar surface area (TPSA) is 64.2 Å².